The molecule has 0 saturated carbocycles. The number of ketones is 1. The standard InChI is InChI=1S/C20H22N4O5S/c21-15(11-13-4-6-14(25)7-5-13)20(27)23-10-8-16-19(23)17(26)12-24(16)30(28,29)18-3-1-2-9-22-18/h1-7,9,15-16,19,25H,8,10-12,21H2. The molecule has 9 nitrogen and oxygen atoms in total. The van der Waals surface area contributed by atoms with Crippen molar-refractivity contribution in [3.63, 3.8) is 0 Å². The first kappa shape index (κ1) is 20.5. The van der Waals surface area contributed by atoms with Crippen LogP contribution in [0.15, 0.2) is 53.7 Å². The van der Waals surface area contributed by atoms with Crippen LogP contribution < -0.4 is 5.73 Å². The van der Waals surface area contributed by atoms with E-state index in [2.05, 4.69) is 4.98 Å². The molecule has 3 heterocycles. The summed E-state index contributed by atoms with van der Waals surface area (Å²) in [4.78, 5) is 31.0. The Hall–Kier alpha value is -2.82. The Balaban J connectivity index is 1.51. The van der Waals surface area contributed by atoms with Gasteiger partial charge in [0, 0.05) is 12.7 Å². The number of carbonyl (C=O) groups is 2. The zero-order chi connectivity index (χ0) is 21.5. The van der Waals surface area contributed by atoms with Crippen LogP contribution in [-0.2, 0) is 26.0 Å². The van der Waals surface area contributed by atoms with Crippen molar-refractivity contribution in [3.8, 4) is 5.75 Å². The third-order valence-corrected chi connectivity index (χ3v) is 7.37. The number of rotatable bonds is 5. The molecule has 0 spiro atoms. The van der Waals surface area contributed by atoms with Gasteiger partial charge < -0.3 is 15.7 Å². The lowest BCUT2D eigenvalue weighted by Crippen LogP contribution is -2.50. The minimum atomic E-state index is -3.94. The van der Waals surface area contributed by atoms with E-state index in [1.54, 1.807) is 24.3 Å². The van der Waals surface area contributed by atoms with Crippen LogP contribution in [-0.4, -0.2) is 70.6 Å². The average molecular weight is 430 g/mol. The monoisotopic (exact) mass is 430 g/mol. The maximum atomic E-state index is 13.0. The van der Waals surface area contributed by atoms with Crippen molar-refractivity contribution in [2.45, 2.75) is 36.0 Å². The van der Waals surface area contributed by atoms with E-state index in [1.807, 2.05) is 0 Å². The van der Waals surface area contributed by atoms with Gasteiger partial charge in [0.2, 0.25) is 5.91 Å². The summed E-state index contributed by atoms with van der Waals surface area (Å²) in [7, 11) is -3.94. The van der Waals surface area contributed by atoms with E-state index in [9.17, 15) is 23.1 Å². The number of nitrogens with two attached hydrogens (primary N) is 1. The number of benzene rings is 1. The Labute approximate surface area is 174 Å². The summed E-state index contributed by atoms with van der Waals surface area (Å²) in [5, 5.41) is 9.26. The molecule has 2 aliphatic rings. The number of hydrogen-bond donors (Lipinski definition) is 2. The fourth-order valence-corrected chi connectivity index (χ4v) is 5.71. The number of amides is 1. The number of phenols is 1. The molecule has 2 saturated heterocycles. The Morgan fingerprint density at radius 3 is 2.63 bits per heavy atom. The largest absolute Gasteiger partial charge is 0.508 e. The van der Waals surface area contributed by atoms with Gasteiger partial charge in [-0.3, -0.25) is 9.59 Å². The van der Waals surface area contributed by atoms with E-state index >= 15 is 0 Å². The van der Waals surface area contributed by atoms with Crippen molar-refractivity contribution in [2.75, 3.05) is 13.1 Å². The normalized spacial score (nSPS) is 22.8. The number of aromatic hydroxyl groups is 1. The third kappa shape index (κ3) is 3.57. The Kier molecular flexibility index (Phi) is 5.31. The van der Waals surface area contributed by atoms with Gasteiger partial charge in [0.25, 0.3) is 10.0 Å². The van der Waals surface area contributed by atoms with Gasteiger partial charge in [0.05, 0.1) is 18.6 Å². The Morgan fingerprint density at radius 1 is 1.23 bits per heavy atom. The van der Waals surface area contributed by atoms with Crippen LogP contribution in [0.25, 0.3) is 0 Å². The number of pyridine rings is 1. The van der Waals surface area contributed by atoms with Crippen molar-refractivity contribution < 1.29 is 23.1 Å². The summed E-state index contributed by atoms with van der Waals surface area (Å²) >= 11 is 0. The number of fused-ring (bicyclic) bond motifs is 1. The molecule has 2 aromatic rings. The molecule has 2 aliphatic heterocycles. The Bertz CT molecular complexity index is 1060. The van der Waals surface area contributed by atoms with Gasteiger partial charge in [-0.1, -0.05) is 18.2 Å². The first-order valence-corrected chi connectivity index (χ1v) is 11.0. The molecule has 1 aromatic heterocycles. The molecule has 3 atom stereocenters. The van der Waals surface area contributed by atoms with Crippen molar-refractivity contribution in [1.29, 1.82) is 0 Å². The van der Waals surface area contributed by atoms with E-state index < -0.39 is 28.1 Å². The summed E-state index contributed by atoms with van der Waals surface area (Å²) in [5.41, 5.74) is 6.88. The average Bonchev–Trinajstić information content (AvgIpc) is 3.31. The van der Waals surface area contributed by atoms with Crippen molar-refractivity contribution in [2.24, 2.45) is 5.73 Å². The molecular weight excluding hydrogens is 408 g/mol. The van der Waals surface area contributed by atoms with Crippen LogP contribution in [0.1, 0.15) is 12.0 Å². The zero-order valence-corrected chi connectivity index (χ0v) is 16.9. The molecule has 1 amide bonds. The molecule has 0 aliphatic carbocycles. The SMILES string of the molecule is NC(Cc1ccc(O)cc1)C(=O)N1CCC2C1C(=O)CN2S(=O)(=O)c1ccccn1. The molecule has 1 aromatic carbocycles. The lowest BCUT2D eigenvalue weighted by atomic mass is 10.0. The second kappa shape index (κ2) is 7.78. The number of sulfonamides is 1. The predicted molar refractivity (Wildman–Crippen MR) is 107 cm³/mol. The number of nitrogens with zero attached hydrogens (tertiary/aromatic N) is 3. The third-order valence-electron chi connectivity index (χ3n) is 5.58. The highest BCUT2D eigenvalue weighted by Crippen LogP contribution is 2.33. The van der Waals surface area contributed by atoms with Crippen molar-refractivity contribution in [1.82, 2.24) is 14.2 Å². The van der Waals surface area contributed by atoms with Gasteiger partial charge in [-0.2, -0.15) is 4.31 Å². The fourth-order valence-electron chi connectivity index (χ4n) is 4.15. The summed E-state index contributed by atoms with van der Waals surface area (Å²) in [6.07, 6.45) is 1.99. The lowest BCUT2D eigenvalue weighted by molar-refractivity contribution is -0.137. The highest BCUT2D eigenvalue weighted by molar-refractivity contribution is 7.89. The van der Waals surface area contributed by atoms with E-state index in [0.29, 0.717) is 6.42 Å². The molecule has 3 N–H and O–H groups in total. The predicted octanol–water partition coefficient (Wildman–Crippen LogP) is -0.0999. The smallest absolute Gasteiger partial charge is 0.261 e. The van der Waals surface area contributed by atoms with E-state index in [4.69, 9.17) is 5.73 Å². The van der Waals surface area contributed by atoms with Gasteiger partial charge in [0.1, 0.15) is 11.8 Å². The molecule has 10 heteroatoms. The highest BCUT2D eigenvalue weighted by atomic mass is 32.2. The summed E-state index contributed by atoms with van der Waals surface area (Å²) < 4.78 is 27.1. The highest BCUT2D eigenvalue weighted by Gasteiger charge is 2.54. The second-order valence-electron chi connectivity index (χ2n) is 7.49. The summed E-state index contributed by atoms with van der Waals surface area (Å²) in [6.45, 7) is -0.0252. The quantitative estimate of drug-likeness (QED) is 0.676. The molecular formula is C20H22N4O5S. The maximum Gasteiger partial charge on any atom is 0.261 e. The van der Waals surface area contributed by atoms with Crippen LogP contribution in [0.2, 0.25) is 0 Å². The van der Waals surface area contributed by atoms with Gasteiger partial charge in [0.15, 0.2) is 10.8 Å². The first-order valence-electron chi connectivity index (χ1n) is 9.58. The lowest BCUT2D eigenvalue weighted by Gasteiger charge is -2.26. The van der Waals surface area contributed by atoms with Crippen molar-refractivity contribution >= 4 is 21.7 Å². The van der Waals surface area contributed by atoms with E-state index in [0.717, 1.165) is 9.87 Å². The minimum absolute atomic E-state index is 0.117. The second-order valence-corrected chi connectivity index (χ2v) is 9.33. The minimum Gasteiger partial charge on any atom is -0.508 e. The molecule has 2 fully saturated rings. The summed E-state index contributed by atoms with van der Waals surface area (Å²) in [6, 6.07) is 8.63. The van der Waals surface area contributed by atoms with Gasteiger partial charge in [-0.25, -0.2) is 13.4 Å². The first-order chi connectivity index (χ1) is 14.3. The molecule has 4 rings (SSSR count). The molecule has 0 radical (unpaired) electrons. The number of carbonyl (C=O) groups excluding carboxylic acids is 2. The number of phenolic OH excluding ortho intramolecular Hbond substituents is 1. The molecule has 3 unspecified atom stereocenters. The summed E-state index contributed by atoms with van der Waals surface area (Å²) in [5.74, 6) is -0.588. The molecule has 0 bridgehead atoms. The van der Waals surface area contributed by atoms with Crippen molar-refractivity contribution in [3.05, 3.63) is 54.2 Å². The van der Waals surface area contributed by atoms with Crippen LogP contribution in [0, 0.1) is 0 Å². The van der Waals surface area contributed by atoms with Crippen LogP contribution in [0.5, 0.6) is 5.75 Å². The van der Waals surface area contributed by atoms with Crippen LogP contribution >= 0.6 is 0 Å². The topological polar surface area (TPSA) is 134 Å². The fraction of sp³-hybridized carbons (Fsp3) is 0.350. The number of Topliss-reactive ketones (excluding diaryl/α,β-unsaturated/α-hetero) is 1. The Morgan fingerprint density at radius 2 is 1.97 bits per heavy atom. The van der Waals surface area contributed by atoms with Gasteiger partial charge in [-0.15, -0.1) is 0 Å². The zero-order valence-electron chi connectivity index (χ0n) is 16.1. The number of likely N-dealkylation sites (tertiary alicyclic amines) is 1. The van der Waals surface area contributed by atoms with Gasteiger partial charge >= 0.3 is 0 Å². The number of hydrogen-bond acceptors (Lipinski definition) is 7. The molecule has 30 heavy (non-hydrogen) atoms. The van der Waals surface area contributed by atoms with Crippen LogP contribution in [0.3, 0.4) is 0 Å². The molecule has 158 valence electrons. The van der Waals surface area contributed by atoms with E-state index in [1.165, 1.54) is 29.3 Å². The van der Waals surface area contributed by atoms with Crippen LogP contribution in [0.4, 0.5) is 0 Å². The van der Waals surface area contributed by atoms with Gasteiger partial charge in [-0.05, 0) is 42.7 Å². The number of aromatic nitrogens is 1. The van der Waals surface area contributed by atoms with E-state index in [-0.39, 0.29) is 42.0 Å². The maximum absolute atomic E-state index is 13.0.